The zero-order chi connectivity index (χ0) is 26.6. The molecule has 0 spiro atoms. The van der Waals surface area contributed by atoms with Crippen molar-refractivity contribution in [3.8, 4) is 5.75 Å². The second-order valence-electron chi connectivity index (χ2n) is 9.40. The van der Waals surface area contributed by atoms with E-state index < -0.39 is 25.8 Å². The molecule has 1 aliphatic rings. The average molecular weight is 541 g/mol. The molecule has 200 valence electrons. The van der Waals surface area contributed by atoms with Crippen LogP contribution in [0.1, 0.15) is 25.3 Å². The van der Waals surface area contributed by atoms with Crippen molar-refractivity contribution in [2.45, 2.75) is 30.3 Å². The van der Waals surface area contributed by atoms with E-state index in [-0.39, 0.29) is 37.0 Å². The van der Waals surface area contributed by atoms with E-state index >= 15 is 0 Å². The summed E-state index contributed by atoms with van der Waals surface area (Å²) in [6.07, 6.45) is 0.927. The molecule has 0 unspecified atom stereocenters. The topological polar surface area (TPSA) is 128 Å². The van der Waals surface area contributed by atoms with Gasteiger partial charge in [0.25, 0.3) is 10.2 Å². The Kier molecular flexibility index (Phi) is 9.02. The van der Waals surface area contributed by atoms with Crippen LogP contribution in [0, 0.1) is 5.92 Å². The van der Waals surface area contributed by atoms with Crippen LogP contribution in [0.15, 0.2) is 53.4 Å². The van der Waals surface area contributed by atoms with Crippen molar-refractivity contribution in [1.29, 1.82) is 0 Å². The van der Waals surface area contributed by atoms with Crippen molar-refractivity contribution in [2.75, 3.05) is 52.3 Å². The monoisotopic (exact) mass is 540 g/mol. The SMILES string of the molecule is COc1cccc([C@@]2(O)CCCN(S(=O)(=O)NC[C@@H](C)CNS(=O)(=O)c3ccc(N(C)C)cc3)C2)c1. The minimum atomic E-state index is -3.88. The summed E-state index contributed by atoms with van der Waals surface area (Å²) in [5.41, 5.74) is 0.154. The van der Waals surface area contributed by atoms with Crippen molar-refractivity contribution < 1.29 is 26.7 Å². The average Bonchev–Trinajstić information content (AvgIpc) is 2.86. The van der Waals surface area contributed by atoms with Crippen LogP contribution in [-0.4, -0.2) is 73.6 Å². The number of nitrogens with zero attached hydrogens (tertiary/aromatic N) is 2. The first-order valence-corrected chi connectivity index (χ1v) is 14.7. The van der Waals surface area contributed by atoms with E-state index in [4.69, 9.17) is 4.74 Å². The van der Waals surface area contributed by atoms with Crippen LogP contribution in [0.4, 0.5) is 5.69 Å². The third-order valence-electron chi connectivity index (χ3n) is 6.28. The van der Waals surface area contributed by atoms with E-state index in [1.54, 1.807) is 43.3 Å². The van der Waals surface area contributed by atoms with Crippen molar-refractivity contribution in [3.63, 3.8) is 0 Å². The highest BCUT2D eigenvalue weighted by Crippen LogP contribution is 2.34. The molecule has 10 nitrogen and oxygen atoms in total. The predicted molar refractivity (Wildman–Crippen MR) is 140 cm³/mol. The number of sulfonamides is 1. The number of methoxy groups -OCH3 is 1. The van der Waals surface area contributed by atoms with Crippen LogP contribution in [0.25, 0.3) is 0 Å². The molecule has 1 saturated heterocycles. The molecule has 2 atom stereocenters. The summed E-state index contributed by atoms with van der Waals surface area (Å²) in [6.45, 7) is 2.06. The Hall–Kier alpha value is -2.22. The summed E-state index contributed by atoms with van der Waals surface area (Å²) in [5.74, 6) is 0.279. The van der Waals surface area contributed by atoms with Crippen LogP contribution in [0.5, 0.6) is 5.75 Å². The molecule has 36 heavy (non-hydrogen) atoms. The van der Waals surface area contributed by atoms with Gasteiger partial charge in [0.1, 0.15) is 11.4 Å². The molecule has 1 fully saturated rings. The Balaban J connectivity index is 1.57. The number of aliphatic hydroxyl groups is 1. The lowest BCUT2D eigenvalue weighted by molar-refractivity contribution is -0.0128. The highest BCUT2D eigenvalue weighted by atomic mass is 32.2. The van der Waals surface area contributed by atoms with E-state index in [0.29, 0.717) is 24.2 Å². The summed E-state index contributed by atoms with van der Waals surface area (Å²) >= 11 is 0. The first kappa shape index (κ1) is 28.4. The van der Waals surface area contributed by atoms with E-state index in [9.17, 15) is 21.9 Å². The van der Waals surface area contributed by atoms with Crippen molar-refractivity contribution in [1.82, 2.24) is 13.7 Å². The van der Waals surface area contributed by atoms with E-state index in [2.05, 4.69) is 9.44 Å². The standard InChI is InChI=1S/C24H36N4O6S2/c1-19(16-25-35(30,31)23-11-9-21(10-12-23)27(2)3)17-26-36(32,33)28-14-6-13-24(29,18-28)20-7-5-8-22(15-20)34-4/h5,7-12,15,19,25-26,29H,6,13-14,16-18H2,1-4H3/t19-,24+/m0/s1. The summed E-state index contributed by atoms with van der Waals surface area (Å²) in [5, 5.41) is 11.2. The summed E-state index contributed by atoms with van der Waals surface area (Å²) < 4.78 is 62.7. The number of nitrogens with one attached hydrogen (secondary N) is 2. The molecule has 0 amide bonds. The molecule has 0 saturated carbocycles. The molecule has 0 bridgehead atoms. The number of hydrogen-bond donors (Lipinski definition) is 3. The Bertz CT molecular complexity index is 1240. The van der Waals surface area contributed by atoms with Gasteiger partial charge in [-0.1, -0.05) is 19.1 Å². The zero-order valence-electron chi connectivity index (χ0n) is 21.1. The zero-order valence-corrected chi connectivity index (χ0v) is 22.8. The maximum atomic E-state index is 13.0. The third-order valence-corrected chi connectivity index (χ3v) is 9.24. The van der Waals surface area contributed by atoms with Gasteiger partial charge in [0.2, 0.25) is 10.0 Å². The Morgan fingerprint density at radius 3 is 2.39 bits per heavy atom. The number of hydrogen-bond acceptors (Lipinski definition) is 7. The smallest absolute Gasteiger partial charge is 0.279 e. The Labute approximate surface area is 214 Å². The molecule has 2 aromatic rings. The van der Waals surface area contributed by atoms with Crippen molar-refractivity contribution in [2.24, 2.45) is 5.92 Å². The number of ether oxygens (including phenoxy) is 1. The molecule has 1 heterocycles. The quantitative estimate of drug-likeness (QED) is 0.394. The first-order chi connectivity index (χ1) is 16.9. The Morgan fingerprint density at radius 2 is 1.75 bits per heavy atom. The molecule has 0 aliphatic carbocycles. The Morgan fingerprint density at radius 1 is 1.08 bits per heavy atom. The molecule has 0 aromatic heterocycles. The maximum absolute atomic E-state index is 13.0. The number of benzene rings is 2. The fourth-order valence-corrected chi connectivity index (χ4v) is 6.62. The molecular formula is C24H36N4O6S2. The highest BCUT2D eigenvalue weighted by molar-refractivity contribution is 7.89. The molecular weight excluding hydrogens is 504 g/mol. The van der Waals surface area contributed by atoms with Crippen LogP contribution >= 0.6 is 0 Å². The van der Waals surface area contributed by atoms with Gasteiger partial charge in [0.05, 0.1) is 12.0 Å². The molecule has 2 aromatic carbocycles. The van der Waals surface area contributed by atoms with E-state index in [1.165, 1.54) is 23.5 Å². The molecule has 1 aliphatic heterocycles. The van der Waals surface area contributed by atoms with Crippen molar-refractivity contribution in [3.05, 3.63) is 54.1 Å². The van der Waals surface area contributed by atoms with Gasteiger partial charge in [-0.2, -0.15) is 12.7 Å². The minimum Gasteiger partial charge on any atom is -0.497 e. The largest absolute Gasteiger partial charge is 0.497 e. The van der Waals surface area contributed by atoms with Gasteiger partial charge in [0.15, 0.2) is 0 Å². The number of anilines is 1. The summed E-state index contributed by atoms with van der Waals surface area (Å²) in [6, 6.07) is 13.5. The van der Waals surface area contributed by atoms with E-state index in [0.717, 1.165) is 5.69 Å². The molecule has 0 radical (unpaired) electrons. The fourth-order valence-electron chi connectivity index (χ4n) is 4.02. The van der Waals surface area contributed by atoms with Gasteiger partial charge in [-0.15, -0.1) is 0 Å². The normalized spacial score (nSPS) is 20.1. The third kappa shape index (κ3) is 6.96. The van der Waals surface area contributed by atoms with Gasteiger partial charge < -0.3 is 14.7 Å². The lowest BCUT2D eigenvalue weighted by Crippen LogP contribution is -2.52. The number of piperidine rings is 1. The van der Waals surface area contributed by atoms with Gasteiger partial charge in [0, 0.05) is 46.0 Å². The molecule has 3 rings (SSSR count). The number of β-amino-alcohol motifs (C(OH)–C–C–N with tert-alkyl or cyclic N) is 1. The minimum absolute atomic E-state index is 0.0402. The van der Waals surface area contributed by atoms with Gasteiger partial charge in [-0.3, -0.25) is 0 Å². The lowest BCUT2D eigenvalue weighted by Gasteiger charge is -2.39. The van der Waals surface area contributed by atoms with Crippen molar-refractivity contribution >= 4 is 25.9 Å². The van der Waals surface area contributed by atoms with Crippen LogP contribution in [0.3, 0.4) is 0 Å². The predicted octanol–water partition coefficient (Wildman–Crippen LogP) is 1.49. The molecule has 12 heteroatoms. The molecule has 3 N–H and O–H groups in total. The maximum Gasteiger partial charge on any atom is 0.279 e. The fraction of sp³-hybridized carbons (Fsp3) is 0.500. The second kappa shape index (κ2) is 11.4. The van der Waals surface area contributed by atoms with Crippen LogP contribution < -0.4 is 19.1 Å². The second-order valence-corrected chi connectivity index (χ2v) is 12.9. The first-order valence-electron chi connectivity index (χ1n) is 11.7. The van der Waals surface area contributed by atoms with E-state index in [1.807, 2.05) is 19.0 Å². The van der Waals surface area contributed by atoms with Gasteiger partial charge in [-0.25, -0.2) is 17.9 Å². The van der Waals surface area contributed by atoms with Crippen LogP contribution in [-0.2, 0) is 25.8 Å². The van der Waals surface area contributed by atoms with Crippen LogP contribution in [0.2, 0.25) is 0 Å². The summed E-state index contributed by atoms with van der Waals surface area (Å²) in [7, 11) is -2.33. The number of rotatable bonds is 11. The van der Waals surface area contributed by atoms with Gasteiger partial charge >= 0.3 is 0 Å². The van der Waals surface area contributed by atoms with Gasteiger partial charge in [-0.05, 0) is 60.7 Å². The highest BCUT2D eigenvalue weighted by Gasteiger charge is 2.39. The lowest BCUT2D eigenvalue weighted by atomic mass is 9.86. The summed E-state index contributed by atoms with van der Waals surface area (Å²) in [4.78, 5) is 2.02.